The Morgan fingerprint density at radius 2 is 1.71 bits per heavy atom. The van der Waals surface area contributed by atoms with Crippen molar-refractivity contribution in [1.29, 1.82) is 0 Å². The van der Waals surface area contributed by atoms with Crippen LogP contribution in [0.5, 0.6) is 0 Å². The lowest BCUT2D eigenvalue weighted by Crippen LogP contribution is -2.21. The minimum absolute atomic E-state index is 0.297. The molecule has 0 bridgehead atoms. The molecule has 0 radical (unpaired) electrons. The third kappa shape index (κ3) is 2.20. The first-order valence-electron chi connectivity index (χ1n) is 3.94. The molecule has 2 N–H and O–H groups in total. The second-order valence-electron chi connectivity index (χ2n) is 2.80. The highest BCUT2D eigenvalue weighted by molar-refractivity contribution is 6.18. The smallest absolute Gasteiger partial charge is 0.132 e. The first-order chi connectivity index (χ1) is 6.57. The number of benzene rings is 1. The maximum atomic E-state index is 13.0. The van der Waals surface area contributed by atoms with E-state index in [0.29, 0.717) is 0 Å². The van der Waals surface area contributed by atoms with Crippen LogP contribution in [0.15, 0.2) is 18.2 Å². The van der Waals surface area contributed by atoms with Gasteiger partial charge in [-0.25, -0.2) is 8.78 Å². The minimum atomic E-state index is -1.64. The normalized spacial score (nSPS) is 15.2. The Hall–Kier alpha value is -0.710. The Morgan fingerprint density at radius 1 is 1.21 bits per heavy atom. The lowest BCUT2D eigenvalue weighted by Gasteiger charge is -2.16. The first-order valence-corrected chi connectivity index (χ1v) is 4.47. The van der Waals surface area contributed by atoms with Crippen LogP contribution in [0.4, 0.5) is 8.78 Å². The van der Waals surface area contributed by atoms with E-state index >= 15 is 0 Å². The summed E-state index contributed by atoms with van der Waals surface area (Å²) in [6.07, 6.45) is -3.03. The van der Waals surface area contributed by atoms with Crippen LogP contribution in [0.3, 0.4) is 0 Å². The van der Waals surface area contributed by atoms with E-state index in [1.54, 1.807) is 0 Å². The monoisotopic (exact) mass is 222 g/mol. The number of aliphatic hydroxyl groups excluding tert-OH is 2. The van der Waals surface area contributed by atoms with Crippen LogP contribution in [0, 0.1) is 11.6 Å². The van der Waals surface area contributed by atoms with E-state index in [1.165, 1.54) is 6.07 Å². The lowest BCUT2D eigenvalue weighted by atomic mass is 10.0. The van der Waals surface area contributed by atoms with Crippen molar-refractivity contribution in [1.82, 2.24) is 0 Å². The molecule has 1 aromatic rings. The van der Waals surface area contributed by atoms with Crippen LogP contribution in [-0.4, -0.2) is 22.2 Å². The van der Waals surface area contributed by atoms with Crippen LogP contribution in [-0.2, 0) is 0 Å². The maximum absolute atomic E-state index is 13.0. The van der Waals surface area contributed by atoms with Crippen molar-refractivity contribution in [3.8, 4) is 0 Å². The van der Waals surface area contributed by atoms with E-state index in [-0.39, 0.29) is 5.88 Å². The Bertz CT molecular complexity index is 299. The summed E-state index contributed by atoms with van der Waals surface area (Å²) in [5.74, 6) is -2.10. The number of alkyl halides is 1. The third-order valence-corrected chi connectivity index (χ3v) is 2.13. The zero-order valence-electron chi connectivity index (χ0n) is 7.12. The van der Waals surface area contributed by atoms with Gasteiger partial charge in [0.15, 0.2) is 0 Å². The van der Waals surface area contributed by atoms with E-state index in [1.807, 2.05) is 0 Å². The van der Waals surface area contributed by atoms with Crippen molar-refractivity contribution in [2.24, 2.45) is 0 Å². The van der Waals surface area contributed by atoms with E-state index in [9.17, 15) is 13.9 Å². The average Bonchev–Trinajstić information content (AvgIpc) is 2.16. The van der Waals surface area contributed by atoms with Gasteiger partial charge in [0.2, 0.25) is 0 Å². The molecule has 5 heteroatoms. The molecule has 0 aliphatic rings. The van der Waals surface area contributed by atoms with Gasteiger partial charge < -0.3 is 10.2 Å². The van der Waals surface area contributed by atoms with Gasteiger partial charge in [0.25, 0.3) is 0 Å². The molecule has 0 aromatic heterocycles. The molecule has 2 nitrogen and oxygen atoms in total. The number of rotatable bonds is 3. The van der Waals surface area contributed by atoms with Gasteiger partial charge in [0, 0.05) is 0 Å². The highest BCUT2D eigenvalue weighted by atomic mass is 35.5. The Kier molecular flexibility index (Phi) is 3.80. The predicted molar refractivity (Wildman–Crippen MR) is 48.0 cm³/mol. The van der Waals surface area contributed by atoms with Crippen LogP contribution in [0.25, 0.3) is 0 Å². The van der Waals surface area contributed by atoms with Crippen molar-refractivity contribution >= 4 is 11.6 Å². The van der Waals surface area contributed by atoms with E-state index < -0.39 is 29.4 Å². The molecule has 0 aliphatic heterocycles. The summed E-state index contributed by atoms with van der Waals surface area (Å²) >= 11 is 5.25. The second-order valence-corrected chi connectivity index (χ2v) is 3.11. The van der Waals surface area contributed by atoms with Crippen molar-refractivity contribution in [2.45, 2.75) is 12.2 Å². The number of aliphatic hydroxyl groups is 2. The average molecular weight is 223 g/mol. The molecule has 78 valence electrons. The Labute approximate surface area is 84.7 Å². The molecule has 14 heavy (non-hydrogen) atoms. The van der Waals surface area contributed by atoms with E-state index in [4.69, 9.17) is 16.7 Å². The van der Waals surface area contributed by atoms with E-state index in [2.05, 4.69) is 0 Å². The molecular weight excluding hydrogens is 214 g/mol. The van der Waals surface area contributed by atoms with Gasteiger partial charge in [-0.3, -0.25) is 0 Å². The molecule has 2 unspecified atom stereocenters. The number of halogens is 3. The summed E-state index contributed by atoms with van der Waals surface area (Å²) in [6.45, 7) is 0. The summed E-state index contributed by atoms with van der Waals surface area (Å²) in [4.78, 5) is 0. The van der Waals surface area contributed by atoms with Crippen molar-refractivity contribution in [3.63, 3.8) is 0 Å². The Balaban J connectivity index is 3.05. The third-order valence-electron chi connectivity index (χ3n) is 1.82. The SMILES string of the molecule is OC(CCl)C(O)c1c(F)cccc1F. The fourth-order valence-electron chi connectivity index (χ4n) is 1.07. The highest BCUT2D eigenvalue weighted by Gasteiger charge is 2.23. The van der Waals surface area contributed by atoms with Gasteiger partial charge in [0.05, 0.1) is 17.5 Å². The van der Waals surface area contributed by atoms with E-state index in [0.717, 1.165) is 12.1 Å². The zero-order chi connectivity index (χ0) is 10.7. The largest absolute Gasteiger partial charge is 0.389 e. The zero-order valence-corrected chi connectivity index (χ0v) is 7.88. The maximum Gasteiger partial charge on any atom is 0.132 e. The fourth-order valence-corrected chi connectivity index (χ4v) is 1.24. The molecule has 0 spiro atoms. The highest BCUT2D eigenvalue weighted by Crippen LogP contribution is 2.23. The van der Waals surface area contributed by atoms with Gasteiger partial charge in [-0.1, -0.05) is 6.07 Å². The Morgan fingerprint density at radius 3 is 2.14 bits per heavy atom. The van der Waals surface area contributed by atoms with Gasteiger partial charge in [-0.15, -0.1) is 11.6 Å². The summed E-state index contributed by atoms with van der Waals surface area (Å²) in [5.41, 5.74) is -0.555. The molecular formula is C9H9ClF2O2. The summed E-state index contributed by atoms with van der Waals surface area (Å²) < 4.78 is 26.1. The van der Waals surface area contributed by atoms with Gasteiger partial charge >= 0.3 is 0 Å². The lowest BCUT2D eigenvalue weighted by molar-refractivity contribution is 0.0280. The summed E-state index contributed by atoms with van der Waals surface area (Å²) in [5, 5.41) is 18.4. The van der Waals surface area contributed by atoms with Gasteiger partial charge in [-0.05, 0) is 12.1 Å². The van der Waals surface area contributed by atoms with Gasteiger partial charge in [0.1, 0.15) is 17.7 Å². The minimum Gasteiger partial charge on any atom is -0.389 e. The van der Waals surface area contributed by atoms with Crippen LogP contribution in [0.1, 0.15) is 11.7 Å². The first kappa shape index (κ1) is 11.4. The molecule has 0 fully saturated rings. The number of hydrogen-bond donors (Lipinski definition) is 2. The van der Waals surface area contributed by atoms with Crippen LogP contribution in [0.2, 0.25) is 0 Å². The molecule has 1 rings (SSSR count). The molecule has 0 heterocycles. The molecule has 0 amide bonds. The molecule has 2 atom stereocenters. The van der Waals surface area contributed by atoms with Crippen LogP contribution < -0.4 is 0 Å². The fraction of sp³-hybridized carbons (Fsp3) is 0.333. The quantitative estimate of drug-likeness (QED) is 0.763. The number of hydrogen-bond acceptors (Lipinski definition) is 2. The molecule has 0 aliphatic carbocycles. The molecule has 0 saturated heterocycles. The van der Waals surface area contributed by atoms with Crippen molar-refractivity contribution < 1.29 is 19.0 Å². The summed E-state index contributed by atoms with van der Waals surface area (Å²) in [7, 11) is 0. The summed E-state index contributed by atoms with van der Waals surface area (Å²) in [6, 6.07) is 3.18. The van der Waals surface area contributed by atoms with Crippen LogP contribution >= 0.6 is 11.6 Å². The molecule has 0 saturated carbocycles. The predicted octanol–water partition coefficient (Wildman–Crippen LogP) is 1.60. The molecule has 1 aromatic carbocycles. The topological polar surface area (TPSA) is 40.5 Å². The van der Waals surface area contributed by atoms with Crippen molar-refractivity contribution in [3.05, 3.63) is 35.4 Å². The second kappa shape index (κ2) is 4.68. The standard InChI is InChI=1S/C9H9ClF2O2/c10-4-7(13)9(14)8-5(11)2-1-3-6(8)12/h1-3,7,9,13-14H,4H2. The van der Waals surface area contributed by atoms with Gasteiger partial charge in [-0.2, -0.15) is 0 Å². The van der Waals surface area contributed by atoms with Crippen molar-refractivity contribution in [2.75, 3.05) is 5.88 Å².